The van der Waals surface area contributed by atoms with Gasteiger partial charge in [-0.25, -0.2) is 0 Å². The summed E-state index contributed by atoms with van der Waals surface area (Å²) in [5.74, 6) is 0.205. The van der Waals surface area contributed by atoms with Crippen LogP contribution in [0.15, 0.2) is 24.3 Å². The Morgan fingerprint density at radius 1 is 1.38 bits per heavy atom. The van der Waals surface area contributed by atoms with Crippen LogP contribution in [0.2, 0.25) is 0 Å². The molecule has 4 nitrogen and oxygen atoms in total. The van der Waals surface area contributed by atoms with Crippen LogP contribution in [0, 0.1) is 0 Å². The van der Waals surface area contributed by atoms with Crippen LogP contribution in [-0.4, -0.2) is 42.5 Å². The van der Waals surface area contributed by atoms with E-state index in [0.29, 0.717) is 6.54 Å². The summed E-state index contributed by atoms with van der Waals surface area (Å²) >= 11 is 0. The van der Waals surface area contributed by atoms with Gasteiger partial charge in [-0.1, -0.05) is 18.2 Å². The molecule has 2 N–H and O–H groups in total. The largest absolute Gasteiger partial charge is 0.327 e. The van der Waals surface area contributed by atoms with Crippen molar-refractivity contribution in [2.24, 2.45) is 5.73 Å². The molecule has 116 valence electrons. The van der Waals surface area contributed by atoms with E-state index in [2.05, 4.69) is 24.0 Å². The molecular formula is C16H24ClN3O. The Morgan fingerprint density at radius 3 is 2.90 bits per heavy atom. The van der Waals surface area contributed by atoms with E-state index in [1.54, 1.807) is 0 Å². The topological polar surface area (TPSA) is 49.6 Å². The average molecular weight is 310 g/mol. The molecule has 3 rings (SSSR count). The molecule has 0 bridgehead atoms. The SMILES string of the molecule is CC1Cc2ccccc2N1C(=O)CN1CCC[C@@H](N)C1.Cl. The van der Waals surface area contributed by atoms with Crippen molar-refractivity contribution in [3.8, 4) is 0 Å². The van der Waals surface area contributed by atoms with E-state index in [1.165, 1.54) is 5.56 Å². The van der Waals surface area contributed by atoms with Crippen molar-refractivity contribution in [2.75, 3.05) is 24.5 Å². The summed E-state index contributed by atoms with van der Waals surface area (Å²) in [4.78, 5) is 16.8. The molecule has 0 aromatic heterocycles. The molecule has 1 aromatic rings. The third-order valence-electron chi connectivity index (χ3n) is 4.38. The molecule has 0 radical (unpaired) electrons. The first-order chi connectivity index (χ1) is 9.65. The summed E-state index contributed by atoms with van der Waals surface area (Å²) in [5, 5.41) is 0. The highest BCUT2D eigenvalue weighted by molar-refractivity contribution is 5.97. The number of anilines is 1. The van der Waals surface area contributed by atoms with Crippen LogP contribution in [0.1, 0.15) is 25.3 Å². The monoisotopic (exact) mass is 309 g/mol. The Labute approximate surface area is 132 Å². The maximum atomic E-state index is 12.6. The minimum Gasteiger partial charge on any atom is -0.327 e. The standard InChI is InChI=1S/C16H23N3O.ClH/c1-12-9-13-5-2-3-7-15(13)19(12)16(20)11-18-8-4-6-14(17)10-18;/h2-3,5,7,12,14H,4,6,8-11,17H2,1H3;1H/t12?,14-;/m1./s1. The first-order valence-electron chi connectivity index (χ1n) is 7.53. The fourth-order valence-electron chi connectivity index (χ4n) is 3.45. The number of halogens is 1. The summed E-state index contributed by atoms with van der Waals surface area (Å²) in [6, 6.07) is 8.71. The van der Waals surface area contributed by atoms with E-state index >= 15 is 0 Å². The lowest BCUT2D eigenvalue weighted by molar-refractivity contribution is -0.120. The number of fused-ring (bicyclic) bond motifs is 1. The number of hydrogen-bond donors (Lipinski definition) is 1. The summed E-state index contributed by atoms with van der Waals surface area (Å²) in [7, 11) is 0. The molecular weight excluding hydrogens is 286 g/mol. The Balaban J connectivity index is 0.00000161. The van der Waals surface area contributed by atoms with Gasteiger partial charge in [-0.3, -0.25) is 9.69 Å². The van der Waals surface area contributed by atoms with E-state index in [-0.39, 0.29) is 30.4 Å². The molecule has 1 unspecified atom stereocenters. The van der Waals surface area contributed by atoms with Crippen molar-refractivity contribution in [3.63, 3.8) is 0 Å². The fourth-order valence-corrected chi connectivity index (χ4v) is 3.45. The Bertz CT molecular complexity index is 508. The van der Waals surface area contributed by atoms with Crippen molar-refractivity contribution in [1.29, 1.82) is 0 Å². The number of rotatable bonds is 2. The van der Waals surface area contributed by atoms with E-state index in [9.17, 15) is 4.79 Å². The van der Waals surface area contributed by atoms with Gasteiger partial charge in [-0.05, 0) is 44.4 Å². The van der Waals surface area contributed by atoms with Crippen molar-refractivity contribution in [1.82, 2.24) is 4.90 Å². The number of para-hydroxylation sites is 1. The van der Waals surface area contributed by atoms with E-state index in [4.69, 9.17) is 5.73 Å². The molecule has 1 fully saturated rings. The van der Waals surface area contributed by atoms with Crippen LogP contribution in [0.5, 0.6) is 0 Å². The number of benzene rings is 1. The third-order valence-corrected chi connectivity index (χ3v) is 4.38. The van der Waals surface area contributed by atoms with Crippen LogP contribution in [0.4, 0.5) is 5.69 Å². The molecule has 0 spiro atoms. The van der Waals surface area contributed by atoms with Crippen LogP contribution in [0.3, 0.4) is 0 Å². The molecule has 5 heteroatoms. The van der Waals surface area contributed by atoms with Gasteiger partial charge in [0.1, 0.15) is 0 Å². The molecule has 0 saturated carbocycles. The molecule has 1 saturated heterocycles. The summed E-state index contributed by atoms with van der Waals surface area (Å²) < 4.78 is 0. The van der Waals surface area contributed by atoms with Crippen molar-refractivity contribution in [3.05, 3.63) is 29.8 Å². The molecule has 1 amide bonds. The smallest absolute Gasteiger partial charge is 0.241 e. The summed E-state index contributed by atoms with van der Waals surface area (Å²) in [6.45, 7) is 4.45. The van der Waals surface area contributed by atoms with Gasteiger partial charge >= 0.3 is 0 Å². The van der Waals surface area contributed by atoms with Gasteiger partial charge in [0.05, 0.1) is 6.54 Å². The van der Waals surface area contributed by atoms with Gasteiger partial charge in [0.25, 0.3) is 0 Å². The second-order valence-electron chi connectivity index (χ2n) is 6.08. The Kier molecular flexibility index (Phi) is 5.25. The van der Waals surface area contributed by atoms with Crippen LogP contribution < -0.4 is 10.6 Å². The summed E-state index contributed by atoms with van der Waals surface area (Å²) in [5.41, 5.74) is 8.36. The van der Waals surface area contributed by atoms with Crippen LogP contribution in [0.25, 0.3) is 0 Å². The predicted octanol–water partition coefficient (Wildman–Crippen LogP) is 1.81. The minimum absolute atomic E-state index is 0. The lowest BCUT2D eigenvalue weighted by Crippen LogP contribution is -2.49. The molecule has 2 aliphatic heterocycles. The first kappa shape index (κ1) is 16.3. The number of carbonyl (C=O) groups excluding carboxylic acids is 1. The minimum atomic E-state index is 0. The highest BCUT2D eigenvalue weighted by Crippen LogP contribution is 2.31. The van der Waals surface area contributed by atoms with Crippen LogP contribution in [-0.2, 0) is 11.2 Å². The second kappa shape index (κ2) is 6.77. The highest BCUT2D eigenvalue weighted by atomic mass is 35.5. The van der Waals surface area contributed by atoms with Crippen molar-refractivity contribution < 1.29 is 4.79 Å². The van der Waals surface area contributed by atoms with Gasteiger partial charge in [-0.2, -0.15) is 0 Å². The van der Waals surface area contributed by atoms with Gasteiger partial charge in [0.15, 0.2) is 0 Å². The van der Waals surface area contributed by atoms with E-state index in [0.717, 1.165) is 38.0 Å². The lowest BCUT2D eigenvalue weighted by atomic mass is 10.1. The number of piperidine rings is 1. The number of likely N-dealkylation sites (tertiary alicyclic amines) is 1. The number of hydrogen-bond acceptors (Lipinski definition) is 3. The zero-order valence-electron chi connectivity index (χ0n) is 12.5. The molecule has 1 aromatic carbocycles. The predicted molar refractivity (Wildman–Crippen MR) is 88.0 cm³/mol. The number of nitrogens with two attached hydrogens (primary N) is 1. The number of amides is 1. The van der Waals surface area contributed by atoms with E-state index < -0.39 is 0 Å². The van der Waals surface area contributed by atoms with Crippen molar-refractivity contribution in [2.45, 2.75) is 38.3 Å². The zero-order chi connectivity index (χ0) is 14.1. The highest BCUT2D eigenvalue weighted by Gasteiger charge is 2.31. The molecule has 2 aliphatic rings. The lowest BCUT2D eigenvalue weighted by Gasteiger charge is -2.32. The Hall–Kier alpha value is -1.10. The number of nitrogens with zero attached hydrogens (tertiary/aromatic N) is 2. The van der Waals surface area contributed by atoms with Crippen LogP contribution >= 0.6 is 12.4 Å². The van der Waals surface area contributed by atoms with Gasteiger partial charge in [-0.15, -0.1) is 12.4 Å². The van der Waals surface area contributed by atoms with Gasteiger partial charge in [0, 0.05) is 24.3 Å². The van der Waals surface area contributed by atoms with Crippen molar-refractivity contribution >= 4 is 24.0 Å². The molecule has 2 atom stereocenters. The molecule has 0 aliphatic carbocycles. The van der Waals surface area contributed by atoms with E-state index in [1.807, 2.05) is 17.0 Å². The number of carbonyl (C=O) groups is 1. The maximum Gasteiger partial charge on any atom is 0.241 e. The maximum absolute atomic E-state index is 12.6. The normalized spacial score (nSPS) is 25.3. The summed E-state index contributed by atoms with van der Waals surface area (Å²) in [6.07, 6.45) is 3.13. The zero-order valence-corrected chi connectivity index (χ0v) is 13.3. The molecule has 21 heavy (non-hydrogen) atoms. The average Bonchev–Trinajstić information content (AvgIpc) is 2.74. The van der Waals surface area contributed by atoms with Gasteiger partial charge < -0.3 is 10.6 Å². The Morgan fingerprint density at radius 2 is 2.14 bits per heavy atom. The van der Waals surface area contributed by atoms with Gasteiger partial charge in [0.2, 0.25) is 5.91 Å². The molecule has 2 heterocycles. The third kappa shape index (κ3) is 3.39. The quantitative estimate of drug-likeness (QED) is 0.906. The fraction of sp³-hybridized carbons (Fsp3) is 0.562. The first-order valence-corrected chi connectivity index (χ1v) is 7.53. The second-order valence-corrected chi connectivity index (χ2v) is 6.08.